The normalized spacial score (nSPS) is 11.2. The number of pyridine rings is 2. The average Bonchev–Trinajstić information content (AvgIpc) is 2.95. The summed E-state index contributed by atoms with van der Waals surface area (Å²) in [4.78, 5) is 9.44. The van der Waals surface area contributed by atoms with Gasteiger partial charge in [-0.15, -0.1) is 0 Å². The van der Waals surface area contributed by atoms with Gasteiger partial charge in [0.1, 0.15) is 0 Å². The molecule has 0 aliphatic carbocycles. The van der Waals surface area contributed by atoms with Gasteiger partial charge in [-0.05, 0) is 55.0 Å². The van der Waals surface area contributed by atoms with Crippen LogP contribution in [0.25, 0.3) is 22.4 Å². The molecule has 0 spiro atoms. The highest BCUT2D eigenvalue weighted by Crippen LogP contribution is 2.23. The van der Waals surface area contributed by atoms with E-state index in [2.05, 4.69) is 62.4 Å². The highest BCUT2D eigenvalue weighted by molar-refractivity contribution is 5.66. The number of nitrogens with zero attached hydrogens (tertiary/aromatic N) is 2. The van der Waals surface area contributed by atoms with Gasteiger partial charge in [-0.25, -0.2) is 0 Å². The lowest BCUT2D eigenvalue weighted by molar-refractivity contribution is 0.565. The lowest BCUT2D eigenvalue weighted by atomic mass is 10.0. The van der Waals surface area contributed by atoms with E-state index in [1.54, 1.807) is 0 Å². The lowest BCUT2D eigenvalue weighted by Crippen LogP contribution is -1.92. The Labute approximate surface area is 227 Å². The molecule has 2 heteroatoms. The Morgan fingerprint density at radius 1 is 0.432 bits per heavy atom. The molecule has 0 amide bonds. The summed E-state index contributed by atoms with van der Waals surface area (Å²) in [6, 6.07) is 17.7. The molecule has 200 valence electrons. The van der Waals surface area contributed by atoms with Gasteiger partial charge in [0.2, 0.25) is 0 Å². The number of rotatable bonds is 19. The SMILES string of the molecule is CCCCCCCCCCCc1ccc(-c2ccc(-c3ccc(CCCCCCCC)nc3)nc2)cc1. The van der Waals surface area contributed by atoms with Gasteiger partial charge < -0.3 is 0 Å². The van der Waals surface area contributed by atoms with Crippen molar-refractivity contribution < 1.29 is 0 Å². The smallest absolute Gasteiger partial charge is 0.0717 e. The molecule has 0 aliphatic rings. The maximum atomic E-state index is 4.74. The number of aryl methyl sites for hydroxylation is 2. The van der Waals surface area contributed by atoms with Gasteiger partial charge in [-0.2, -0.15) is 0 Å². The zero-order valence-electron chi connectivity index (χ0n) is 23.7. The van der Waals surface area contributed by atoms with Gasteiger partial charge in [0.25, 0.3) is 0 Å². The maximum absolute atomic E-state index is 4.74. The Hall–Kier alpha value is -2.48. The number of aromatic nitrogens is 2. The second-order valence-electron chi connectivity index (χ2n) is 10.8. The number of hydrogen-bond donors (Lipinski definition) is 0. The quantitative estimate of drug-likeness (QED) is 0.154. The predicted molar refractivity (Wildman–Crippen MR) is 161 cm³/mol. The predicted octanol–water partition coefficient (Wildman–Crippen LogP) is 10.8. The van der Waals surface area contributed by atoms with Crippen molar-refractivity contribution in [1.29, 1.82) is 0 Å². The van der Waals surface area contributed by atoms with Crippen molar-refractivity contribution in [2.24, 2.45) is 0 Å². The van der Waals surface area contributed by atoms with Gasteiger partial charge in [0, 0.05) is 29.2 Å². The van der Waals surface area contributed by atoms with Crippen molar-refractivity contribution in [3.05, 3.63) is 72.2 Å². The Balaban J connectivity index is 1.39. The van der Waals surface area contributed by atoms with E-state index >= 15 is 0 Å². The average molecular weight is 499 g/mol. The molecule has 0 bridgehead atoms. The van der Waals surface area contributed by atoms with Crippen LogP contribution < -0.4 is 0 Å². The third-order valence-corrected chi connectivity index (χ3v) is 7.53. The van der Waals surface area contributed by atoms with Crippen molar-refractivity contribution in [2.45, 2.75) is 123 Å². The molecule has 1 aromatic carbocycles. The fourth-order valence-electron chi connectivity index (χ4n) is 5.05. The molecule has 0 unspecified atom stereocenters. The van der Waals surface area contributed by atoms with E-state index in [9.17, 15) is 0 Å². The number of hydrogen-bond acceptors (Lipinski definition) is 2. The van der Waals surface area contributed by atoms with Crippen LogP contribution in [0.15, 0.2) is 60.9 Å². The summed E-state index contributed by atoms with van der Waals surface area (Å²) in [6.45, 7) is 4.55. The molecular weight excluding hydrogens is 448 g/mol. The summed E-state index contributed by atoms with van der Waals surface area (Å²) >= 11 is 0. The molecule has 2 heterocycles. The van der Waals surface area contributed by atoms with Crippen LogP contribution in [-0.4, -0.2) is 9.97 Å². The van der Waals surface area contributed by atoms with Gasteiger partial charge in [-0.3, -0.25) is 9.97 Å². The van der Waals surface area contributed by atoms with Crippen LogP contribution in [0.1, 0.15) is 121 Å². The molecule has 0 aliphatic heterocycles. The fraction of sp³-hybridized carbons (Fsp3) is 0.543. The minimum Gasteiger partial charge on any atom is -0.261 e. The summed E-state index contributed by atoms with van der Waals surface area (Å²) in [6.07, 6.45) is 26.7. The second-order valence-corrected chi connectivity index (χ2v) is 10.8. The van der Waals surface area contributed by atoms with Crippen LogP contribution in [0, 0.1) is 0 Å². The minimum absolute atomic E-state index is 0.990. The first-order valence-corrected chi connectivity index (χ1v) is 15.3. The van der Waals surface area contributed by atoms with E-state index in [0.717, 1.165) is 17.7 Å². The largest absolute Gasteiger partial charge is 0.261 e. The monoisotopic (exact) mass is 498 g/mol. The molecule has 0 fully saturated rings. The molecule has 37 heavy (non-hydrogen) atoms. The first-order valence-electron chi connectivity index (χ1n) is 15.3. The van der Waals surface area contributed by atoms with E-state index in [0.29, 0.717) is 0 Å². The molecule has 0 saturated heterocycles. The minimum atomic E-state index is 0.990. The van der Waals surface area contributed by atoms with Crippen LogP contribution in [0.3, 0.4) is 0 Å². The van der Waals surface area contributed by atoms with Crippen LogP contribution in [-0.2, 0) is 12.8 Å². The van der Waals surface area contributed by atoms with E-state index in [-0.39, 0.29) is 0 Å². The summed E-state index contributed by atoms with van der Waals surface area (Å²) in [5.74, 6) is 0. The second kappa shape index (κ2) is 17.9. The topological polar surface area (TPSA) is 25.8 Å². The Kier molecular flexibility index (Phi) is 14.1. The number of unbranched alkanes of at least 4 members (excludes halogenated alkanes) is 13. The van der Waals surface area contributed by atoms with Crippen molar-refractivity contribution in [1.82, 2.24) is 9.97 Å². The van der Waals surface area contributed by atoms with Gasteiger partial charge in [-0.1, -0.05) is 128 Å². The van der Waals surface area contributed by atoms with Crippen LogP contribution in [0.2, 0.25) is 0 Å². The van der Waals surface area contributed by atoms with Crippen LogP contribution in [0.4, 0.5) is 0 Å². The molecule has 2 aromatic heterocycles. The van der Waals surface area contributed by atoms with E-state index in [1.807, 2.05) is 12.4 Å². The first kappa shape index (κ1) is 29.1. The van der Waals surface area contributed by atoms with Crippen LogP contribution >= 0.6 is 0 Å². The molecular formula is C35H50N2. The van der Waals surface area contributed by atoms with Gasteiger partial charge in [0.15, 0.2) is 0 Å². The zero-order chi connectivity index (χ0) is 26.0. The Morgan fingerprint density at radius 2 is 0.946 bits per heavy atom. The maximum Gasteiger partial charge on any atom is 0.0717 e. The molecule has 0 N–H and O–H groups in total. The standard InChI is InChI=1S/C35H50N2/c1-3-5-7-9-11-12-13-14-16-18-30-20-22-31(23-21-30)32-25-27-35(37-28-32)33-24-26-34(36-29-33)19-17-15-10-8-6-4-2/h20-29H,3-19H2,1-2H3. The third kappa shape index (κ3) is 11.2. The van der Waals surface area contributed by atoms with Crippen molar-refractivity contribution >= 4 is 0 Å². The Bertz CT molecular complexity index is 958. The fourth-order valence-corrected chi connectivity index (χ4v) is 5.05. The highest BCUT2D eigenvalue weighted by Gasteiger charge is 2.04. The lowest BCUT2D eigenvalue weighted by Gasteiger charge is -2.07. The van der Waals surface area contributed by atoms with Crippen molar-refractivity contribution in [3.8, 4) is 22.4 Å². The first-order chi connectivity index (χ1) is 18.3. The van der Waals surface area contributed by atoms with Gasteiger partial charge >= 0.3 is 0 Å². The summed E-state index contributed by atoms with van der Waals surface area (Å²) < 4.78 is 0. The highest BCUT2D eigenvalue weighted by atomic mass is 14.7. The van der Waals surface area contributed by atoms with E-state index in [1.165, 1.54) is 125 Å². The summed E-state index contributed by atoms with van der Waals surface area (Å²) in [7, 11) is 0. The van der Waals surface area contributed by atoms with E-state index < -0.39 is 0 Å². The number of benzene rings is 1. The molecule has 0 radical (unpaired) electrons. The van der Waals surface area contributed by atoms with Crippen molar-refractivity contribution in [3.63, 3.8) is 0 Å². The molecule has 3 aromatic rings. The molecule has 2 nitrogen and oxygen atoms in total. The summed E-state index contributed by atoms with van der Waals surface area (Å²) in [5, 5.41) is 0. The molecule has 0 saturated carbocycles. The van der Waals surface area contributed by atoms with Gasteiger partial charge in [0.05, 0.1) is 5.69 Å². The summed E-state index contributed by atoms with van der Waals surface area (Å²) in [5.41, 5.74) is 7.13. The molecule has 3 rings (SSSR count). The molecule has 0 atom stereocenters. The van der Waals surface area contributed by atoms with E-state index in [4.69, 9.17) is 9.97 Å². The Morgan fingerprint density at radius 3 is 1.49 bits per heavy atom. The van der Waals surface area contributed by atoms with Crippen molar-refractivity contribution in [2.75, 3.05) is 0 Å². The van der Waals surface area contributed by atoms with Crippen LogP contribution in [0.5, 0.6) is 0 Å². The zero-order valence-corrected chi connectivity index (χ0v) is 23.7. The third-order valence-electron chi connectivity index (χ3n) is 7.53.